The van der Waals surface area contributed by atoms with E-state index < -0.39 is 0 Å². The van der Waals surface area contributed by atoms with Crippen molar-refractivity contribution in [2.45, 2.75) is 39.0 Å². The van der Waals surface area contributed by atoms with Crippen LogP contribution in [0.2, 0.25) is 0 Å². The zero-order valence-electron chi connectivity index (χ0n) is 12.1. The molecule has 2 unspecified atom stereocenters. The maximum absolute atomic E-state index is 5.93. The second-order valence-corrected chi connectivity index (χ2v) is 5.07. The maximum Gasteiger partial charge on any atom is 0.0736 e. The summed E-state index contributed by atoms with van der Waals surface area (Å²) in [5.41, 5.74) is 7.82. The summed E-state index contributed by atoms with van der Waals surface area (Å²) in [5.74, 6) is 0. The molecule has 102 valence electrons. The highest BCUT2D eigenvalue weighted by molar-refractivity contribution is 5.10. The molecule has 1 rings (SSSR count). The van der Waals surface area contributed by atoms with Crippen LogP contribution in [0.25, 0.3) is 0 Å². The second-order valence-electron chi connectivity index (χ2n) is 5.07. The van der Waals surface area contributed by atoms with Crippen molar-refractivity contribution < 1.29 is 4.74 Å². The zero-order chi connectivity index (χ0) is 13.8. The monoisotopic (exact) mass is 251 g/mol. The summed E-state index contributed by atoms with van der Waals surface area (Å²) in [6, 6.07) is 6.08. The highest BCUT2D eigenvalue weighted by Gasteiger charge is 2.34. The van der Waals surface area contributed by atoms with E-state index in [0.29, 0.717) is 6.54 Å². The van der Waals surface area contributed by atoms with Gasteiger partial charge in [-0.1, -0.05) is 6.07 Å². The van der Waals surface area contributed by atoms with Crippen LogP contribution in [0.15, 0.2) is 18.2 Å². The van der Waals surface area contributed by atoms with E-state index in [-0.39, 0.29) is 11.6 Å². The Kier molecular flexibility index (Phi) is 5.26. The molecule has 1 heterocycles. The third-order valence-electron chi connectivity index (χ3n) is 3.86. The summed E-state index contributed by atoms with van der Waals surface area (Å²) in [6.45, 7) is 7.49. The summed E-state index contributed by atoms with van der Waals surface area (Å²) in [6.07, 6.45) is 0.0670. The minimum Gasteiger partial charge on any atom is -0.380 e. The Morgan fingerprint density at radius 2 is 2.17 bits per heavy atom. The third-order valence-corrected chi connectivity index (χ3v) is 3.86. The van der Waals surface area contributed by atoms with Crippen molar-refractivity contribution in [3.8, 4) is 0 Å². The third kappa shape index (κ3) is 3.28. The molecule has 0 radical (unpaired) electrons. The number of ether oxygens (including phenoxy) is 1. The van der Waals surface area contributed by atoms with Gasteiger partial charge in [-0.05, 0) is 40.0 Å². The average molecular weight is 251 g/mol. The van der Waals surface area contributed by atoms with Crippen LogP contribution >= 0.6 is 0 Å². The van der Waals surface area contributed by atoms with Crippen LogP contribution in [-0.4, -0.2) is 42.2 Å². The summed E-state index contributed by atoms with van der Waals surface area (Å²) in [7, 11) is 3.78. The number of hydrogen-bond donors (Lipinski definition) is 1. The molecule has 0 bridgehead atoms. The zero-order valence-corrected chi connectivity index (χ0v) is 12.1. The number of pyridine rings is 1. The van der Waals surface area contributed by atoms with Crippen LogP contribution in [0.3, 0.4) is 0 Å². The molecule has 0 aliphatic rings. The number of rotatable bonds is 6. The van der Waals surface area contributed by atoms with Crippen molar-refractivity contribution >= 4 is 0 Å². The molecule has 0 amide bonds. The molecule has 0 spiro atoms. The summed E-state index contributed by atoms with van der Waals surface area (Å²) in [4.78, 5) is 6.73. The predicted octanol–water partition coefficient (Wildman–Crippen LogP) is 1.57. The number of likely N-dealkylation sites (N-methyl/N-ethyl adjacent to an activating group) is 1. The van der Waals surface area contributed by atoms with Crippen molar-refractivity contribution in [3.63, 3.8) is 0 Å². The van der Waals surface area contributed by atoms with E-state index >= 15 is 0 Å². The van der Waals surface area contributed by atoms with Crippen LogP contribution < -0.4 is 5.73 Å². The highest BCUT2D eigenvalue weighted by atomic mass is 16.5. The molecule has 4 nitrogen and oxygen atoms in total. The molecule has 0 aliphatic heterocycles. The molecule has 0 fully saturated rings. The van der Waals surface area contributed by atoms with Crippen molar-refractivity contribution in [2.24, 2.45) is 5.73 Å². The molecule has 2 N–H and O–H groups in total. The molecule has 0 aliphatic carbocycles. The summed E-state index contributed by atoms with van der Waals surface area (Å²) in [5, 5.41) is 0. The fourth-order valence-electron chi connectivity index (χ4n) is 2.00. The number of nitrogens with two attached hydrogens (primary N) is 1. The molecule has 18 heavy (non-hydrogen) atoms. The van der Waals surface area contributed by atoms with E-state index in [0.717, 1.165) is 17.9 Å². The largest absolute Gasteiger partial charge is 0.380 e. The molecule has 0 saturated carbocycles. The first-order chi connectivity index (χ1) is 8.43. The summed E-state index contributed by atoms with van der Waals surface area (Å²) < 4.78 is 5.45. The van der Waals surface area contributed by atoms with Crippen LogP contribution in [-0.2, 0) is 11.3 Å². The fraction of sp³-hybridized carbons (Fsp3) is 0.643. The van der Waals surface area contributed by atoms with Gasteiger partial charge in [-0.3, -0.25) is 9.88 Å². The number of nitrogens with zero attached hydrogens (tertiary/aromatic N) is 2. The second kappa shape index (κ2) is 6.27. The van der Waals surface area contributed by atoms with Crippen molar-refractivity contribution in [2.75, 3.05) is 20.7 Å². The van der Waals surface area contributed by atoms with Gasteiger partial charge in [-0.25, -0.2) is 0 Å². The molecule has 4 heteroatoms. The van der Waals surface area contributed by atoms with Crippen molar-refractivity contribution in [1.29, 1.82) is 0 Å². The predicted molar refractivity (Wildman–Crippen MR) is 74.4 cm³/mol. The van der Waals surface area contributed by atoms with Gasteiger partial charge < -0.3 is 10.5 Å². The fourth-order valence-corrected chi connectivity index (χ4v) is 2.00. The van der Waals surface area contributed by atoms with Gasteiger partial charge in [-0.2, -0.15) is 0 Å². The number of aromatic nitrogens is 1. The van der Waals surface area contributed by atoms with Gasteiger partial charge >= 0.3 is 0 Å². The van der Waals surface area contributed by atoms with Gasteiger partial charge in [-0.15, -0.1) is 0 Å². The van der Waals surface area contributed by atoms with Gasteiger partial charge in [0, 0.05) is 25.9 Å². The molecule has 0 saturated heterocycles. The van der Waals surface area contributed by atoms with Gasteiger partial charge in [0.25, 0.3) is 0 Å². The lowest BCUT2D eigenvalue weighted by Crippen LogP contribution is -2.57. The minimum absolute atomic E-state index is 0.0670. The number of aryl methyl sites for hydroxylation is 1. The van der Waals surface area contributed by atoms with Gasteiger partial charge in [0.2, 0.25) is 0 Å². The van der Waals surface area contributed by atoms with E-state index in [1.807, 2.05) is 32.0 Å². The Labute approximate surface area is 110 Å². The molecular formula is C14H25N3O. The average Bonchev–Trinajstić information content (AvgIpc) is 2.36. The Morgan fingerprint density at radius 3 is 2.67 bits per heavy atom. The van der Waals surface area contributed by atoms with Gasteiger partial charge in [0.05, 0.1) is 17.3 Å². The first kappa shape index (κ1) is 15.1. The molecule has 2 atom stereocenters. The number of hydrogen-bond acceptors (Lipinski definition) is 4. The van der Waals surface area contributed by atoms with Gasteiger partial charge in [0.1, 0.15) is 0 Å². The topological polar surface area (TPSA) is 51.4 Å². The first-order valence-corrected chi connectivity index (χ1v) is 6.30. The van der Waals surface area contributed by atoms with E-state index in [1.54, 1.807) is 7.11 Å². The standard InChI is InChI=1S/C14H25N3O/c1-11-7-6-8-13(16-11)9-17(4)14(3,10-15)12(2)18-5/h6-8,12H,9-10,15H2,1-5H3. The number of methoxy groups -OCH3 is 1. The van der Waals surface area contributed by atoms with Crippen LogP contribution in [0, 0.1) is 6.92 Å². The van der Waals surface area contributed by atoms with Crippen molar-refractivity contribution in [3.05, 3.63) is 29.6 Å². The molecular weight excluding hydrogens is 226 g/mol. The lowest BCUT2D eigenvalue weighted by Gasteiger charge is -2.41. The highest BCUT2D eigenvalue weighted by Crippen LogP contribution is 2.21. The van der Waals surface area contributed by atoms with Crippen molar-refractivity contribution in [1.82, 2.24) is 9.88 Å². The Morgan fingerprint density at radius 1 is 1.50 bits per heavy atom. The molecule has 1 aromatic rings. The summed E-state index contributed by atoms with van der Waals surface area (Å²) >= 11 is 0. The van der Waals surface area contributed by atoms with E-state index in [9.17, 15) is 0 Å². The lowest BCUT2D eigenvalue weighted by molar-refractivity contribution is -0.0234. The van der Waals surface area contributed by atoms with E-state index in [2.05, 4.69) is 23.9 Å². The quantitative estimate of drug-likeness (QED) is 0.834. The first-order valence-electron chi connectivity index (χ1n) is 6.30. The van der Waals surface area contributed by atoms with Crippen LogP contribution in [0.5, 0.6) is 0 Å². The Hall–Kier alpha value is -0.970. The maximum atomic E-state index is 5.93. The smallest absolute Gasteiger partial charge is 0.0736 e. The molecule has 0 aromatic carbocycles. The van der Waals surface area contributed by atoms with Crippen LogP contribution in [0.4, 0.5) is 0 Å². The van der Waals surface area contributed by atoms with E-state index in [1.165, 1.54) is 0 Å². The Bertz CT molecular complexity index is 383. The Balaban J connectivity index is 2.82. The lowest BCUT2D eigenvalue weighted by atomic mass is 9.93. The molecule has 1 aromatic heterocycles. The van der Waals surface area contributed by atoms with Crippen LogP contribution in [0.1, 0.15) is 25.2 Å². The SMILES string of the molecule is COC(C)C(C)(CN)N(C)Cc1cccc(C)n1. The van der Waals surface area contributed by atoms with Gasteiger partial charge in [0.15, 0.2) is 0 Å². The van der Waals surface area contributed by atoms with E-state index in [4.69, 9.17) is 10.5 Å². The normalized spacial score (nSPS) is 16.6. The minimum atomic E-state index is -0.194.